The number of carboxylic acid groups (broad SMARTS) is 2. The lowest BCUT2D eigenvalue weighted by Gasteiger charge is -2.22. The van der Waals surface area contributed by atoms with E-state index in [2.05, 4.69) is 0 Å². The fraction of sp³-hybridized carbons (Fsp3) is 0.900. The van der Waals surface area contributed by atoms with Crippen LogP contribution in [0.25, 0.3) is 0 Å². The fourth-order valence-electron chi connectivity index (χ4n) is 3.13. The second-order valence-corrected chi connectivity index (χ2v) is 11.4. The van der Waals surface area contributed by atoms with Gasteiger partial charge in [-0.1, -0.05) is 66.2 Å². The van der Waals surface area contributed by atoms with Gasteiger partial charge in [0.15, 0.2) is 0 Å². The van der Waals surface area contributed by atoms with Crippen molar-refractivity contribution in [2.24, 2.45) is 11.8 Å². The SMILES string of the molecule is CCCCC(CC)COS(=O)(=O)C(C(=O)O)C(C(=O)O)S(=O)(=O)OCC(CC)CCCC. The minimum Gasteiger partial charge on any atom is -0.480 e. The second-order valence-electron chi connectivity index (χ2n) is 7.91. The lowest BCUT2D eigenvalue weighted by Crippen LogP contribution is -2.51. The summed E-state index contributed by atoms with van der Waals surface area (Å²) in [5.74, 6) is -4.66. The van der Waals surface area contributed by atoms with E-state index in [1.54, 1.807) is 0 Å². The Morgan fingerprint density at radius 3 is 1.22 bits per heavy atom. The number of unbranched alkanes of at least 4 members (excludes halogenated alkanes) is 2. The van der Waals surface area contributed by atoms with Crippen molar-refractivity contribution < 1.29 is 45.0 Å². The molecule has 10 nitrogen and oxygen atoms in total. The molecule has 0 saturated heterocycles. The highest BCUT2D eigenvalue weighted by molar-refractivity contribution is 7.92. The standard InChI is InChI=1S/C20H38O10S2/c1-5-9-11-15(7-3)13-29-31(25,26)17(19(21)22)18(20(23)24)32(27,28)30-14-16(8-4)12-10-6-2/h15-18H,5-14H2,1-4H3,(H,21,22)(H,23,24). The summed E-state index contributed by atoms with van der Waals surface area (Å²) in [4.78, 5) is 23.4. The molecule has 0 fully saturated rings. The van der Waals surface area contributed by atoms with Gasteiger partial charge in [0.2, 0.25) is 10.5 Å². The normalized spacial score (nSPS) is 16.2. The van der Waals surface area contributed by atoms with E-state index in [9.17, 15) is 36.6 Å². The predicted octanol–water partition coefficient (Wildman–Crippen LogP) is 3.02. The van der Waals surface area contributed by atoms with E-state index in [0.717, 1.165) is 25.7 Å². The van der Waals surface area contributed by atoms with Crippen molar-refractivity contribution in [1.29, 1.82) is 0 Å². The Labute approximate surface area is 191 Å². The summed E-state index contributed by atoms with van der Waals surface area (Å²) >= 11 is 0. The van der Waals surface area contributed by atoms with Gasteiger partial charge in [-0.05, 0) is 24.7 Å². The van der Waals surface area contributed by atoms with Crippen LogP contribution in [0, 0.1) is 11.8 Å². The Balaban J connectivity index is 5.72. The first kappa shape index (κ1) is 30.8. The van der Waals surface area contributed by atoms with Gasteiger partial charge in [-0.2, -0.15) is 16.8 Å². The molecule has 190 valence electrons. The fourth-order valence-corrected chi connectivity index (χ4v) is 6.34. The molecule has 2 N–H and O–H groups in total. The molecule has 0 spiro atoms. The molecule has 32 heavy (non-hydrogen) atoms. The molecule has 0 aliphatic heterocycles. The van der Waals surface area contributed by atoms with Gasteiger partial charge in [0.05, 0.1) is 13.2 Å². The highest BCUT2D eigenvalue weighted by atomic mass is 32.2. The predicted molar refractivity (Wildman–Crippen MR) is 119 cm³/mol. The van der Waals surface area contributed by atoms with E-state index in [0.29, 0.717) is 25.7 Å². The van der Waals surface area contributed by atoms with Gasteiger partial charge in [-0.3, -0.25) is 18.0 Å². The van der Waals surface area contributed by atoms with Crippen LogP contribution >= 0.6 is 0 Å². The minimum atomic E-state index is -5.08. The topological polar surface area (TPSA) is 161 Å². The van der Waals surface area contributed by atoms with Gasteiger partial charge >= 0.3 is 11.9 Å². The molecule has 0 aliphatic rings. The summed E-state index contributed by atoms with van der Waals surface area (Å²) in [7, 11) is -10.2. The van der Waals surface area contributed by atoms with Crippen molar-refractivity contribution >= 4 is 32.2 Å². The van der Waals surface area contributed by atoms with Crippen LogP contribution in [0.5, 0.6) is 0 Å². The van der Waals surface area contributed by atoms with Crippen LogP contribution in [0.1, 0.15) is 79.1 Å². The molecule has 0 bridgehead atoms. The molecule has 0 radical (unpaired) electrons. The van der Waals surface area contributed by atoms with Crippen LogP contribution in [0.2, 0.25) is 0 Å². The Hall–Kier alpha value is -1.24. The molecule has 0 aromatic carbocycles. The maximum atomic E-state index is 12.6. The molecule has 4 unspecified atom stereocenters. The number of aliphatic carboxylic acids is 2. The van der Waals surface area contributed by atoms with Crippen molar-refractivity contribution in [3.8, 4) is 0 Å². The summed E-state index contributed by atoms with van der Waals surface area (Å²) in [5.41, 5.74) is 0. The van der Waals surface area contributed by atoms with E-state index < -0.39 is 42.7 Å². The van der Waals surface area contributed by atoms with Gasteiger partial charge in [0, 0.05) is 0 Å². The van der Waals surface area contributed by atoms with Gasteiger partial charge in [0.25, 0.3) is 20.2 Å². The smallest absolute Gasteiger partial charge is 0.326 e. The van der Waals surface area contributed by atoms with Crippen LogP contribution in [-0.2, 0) is 38.2 Å². The molecule has 0 saturated carbocycles. The van der Waals surface area contributed by atoms with Crippen molar-refractivity contribution in [1.82, 2.24) is 0 Å². The maximum absolute atomic E-state index is 12.6. The zero-order valence-corrected chi connectivity index (χ0v) is 21.0. The van der Waals surface area contributed by atoms with Crippen LogP contribution in [-0.4, -0.2) is 62.7 Å². The quantitative estimate of drug-likeness (QED) is 0.251. The van der Waals surface area contributed by atoms with Crippen molar-refractivity contribution in [2.75, 3.05) is 13.2 Å². The second kappa shape index (κ2) is 14.8. The highest BCUT2D eigenvalue weighted by Gasteiger charge is 2.53. The van der Waals surface area contributed by atoms with Gasteiger partial charge in [-0.15, -0.1) is 0 Å². The van der Waals surface area contributed by atoms with E-state index >= 15 is 0 Å². The summed E-state index contributed by atoms with van der Waals surface area (Å²) in [6, 6.07) is 0. The van der Waals surface area contributed by atoms with E-state index in [1.807, 2.05) is 27.7 Å². The first-order valence-electron chi connectivity index (χ1n) is 11.1. The third-order valence-electron chi connectivity index (χ3n) is 5.41. The average Bonchev–Trinajstić information content (AvgIpc) is 2.71. The molecule has 0 heterocycles. The third-order valence-corrected chi connectivity index (χ3v) is 8.70. The molecule has 0 aliphatic carbocycles. The molecule has 0 rings (SSSR count). The monoisotopic (exact) mass is 502 g/mol. The molecule has 4 atom stereocenters. The molecular formula is C20H38O10S2. The average molecular weight is 503 g/mol. The van der Waals surface area contributed by atoms with E-state index in [-0.39, 0.29) is 25.0 Å². The summed E-state index contributed by atoms with van der Waals surface area (Å²) in [6.45, 7) is 6.82. The number of hydrogen-bond donors (Lipinski definition) is 2. The van der Waals surface area contributed by atoms with E-state index in [1.165, 1.54) is 0 Å². The molecule has 0 amide bonds. The Bertz CT molecular complexity index is 710. The number of hydrogen-bond acceptors (Lipinski definition) is 8. The van der Waals surface area contributed by atoms with Gasteiger partial charge in [-0.25, -0.2) is 0 Å². The van der Waals surface area contributed by atoms with Crippen LogP contribution in [0.3, 0.4) is 0 Å². The summed E-state index contributed by atoms with van der Waals surface area (Å²) in [5, 5.41) is 13.2. The Morgan fingerprint density at radius 1 is 0.688 bits per heavy atom. The molecule has 12 heteroatoms. The highest BCUT2D eigenvalue weighted by Crippen LogP contribution is 2.23. The maximum Gasteiger partial charge on any atom is 0.326 e. The van der Waals surface area contributed by atoms with E-state index in [4.69, 9.17) is 8.37 Å². The van der Waals surface area contributed by atoms with Gasteiger partial charge < -0.3 is 10.2 Å². The third kappa shape index (κ3) is 10.1. The number of carboxylic acids is 2. The first-order valence-corrected chi connectivity index (χ1v) is 14.0. The van der Waals surface area contributed by atoms with Crippen LogP contribution in [0.4, 0.5) is 0 Å². The zero-order valence-electron chi connectivity index (χ0n) is 19.4. The zero-order chi connectivity index (χ0) is 24.9. The lowest BCUT2D eigenvalue weighted by molar-refractivity contribution is -0.143. The molecule has 0 aromatic heterocycles. The van der Waals surface area contributed by atoms with Crippen LogP contribution in [0.15, 0.2) is 0 Å². The first-order chi connectivity index (χ1) is 14.9. The minimum absolute atomic E-state index is 0.195. The van der Waals surface area contributed by atoms with Gasteiger partial charge in [0.1, 0.15) is 0 Å². The molecule has 0 aromatic rings. The largest absolute Gasteiger partial charge is 0.480 e. The summed E-state index contributed by atoms with van der Waals surface area (Å²) in [6.07, 6.45) is 5.76. The Morgan fingerprint density at radius 2 is 1.00 bits per heavy atom. The Kier molecular flexibility index (Phi) is 14.2. The number of rotatable bonds is 19. The molecular weight excluding hydrogens is 464 g/mol. The lowest BCUT2D eigenvalue weighted by atomic mass is 10.0. The van der Waals surface area contributed by atoms with Crippen molar-refractivity contribution in [3.05, 3.63) is 0 Å². The van der Waals surface area contributed by atoms with Crippen molar-refractivity contribution in [2.45, 2.75) is 89.6 Å². The number of carbonyl (C=O) groups is 2. The van der Waals surface area contributed by atoms with Crippen molar-refractivity contribution in [3.63, 3.8) is 0 Å². The van der Waals surface area contributed by atoms with Crippen LogP contribution < -0.4 is 0 Å². The summed E-state index contributed by atoms with van der Waals surface area (Å²) < 4.78 is 60.1.